The fourth-order valence-electron chi connectivity index (χ4n) is 2.85. The quantitative estimate of drug-likeness (QED) is 0.505. The summed E-state index contributed by atoms with van der Waals surface area (Å²) < 4.78 is 43.8. The molecule has 0 aliphatic rings. The van der Waals surface area contributed by atoms with Gasteiger partial charge in [0.1, 0.15) is 5.75 Å². The van der Waals surface area contributed by atoms with Crippen LogP contribution in [-0.2, 0) is 17.4 Å². The van der Waals surface area contributed by atoms with Crippen LogP contribution in [0.5, 0.6) is 5.75 Å². The van der Waals surface area contributed by atoms with Crippen molar-refractivity contribution in [3.05, 3.63) is 89.5 Å². The number of hydrogen-bond acceptors (Lipinski definition) is 3. The van der Waals surface area contributed by atoms with E-state index in [2.05, 4.69) is 10.6 Å². The molecule has 0 unspecified atom stereocenters. The highest BCUT2D eigenvalue weighted by molar-refractivity contribution is 6.04. The third-order valence-corrected chi connectivity index (χ3v) is 4.58. The van der Waals surface area contributed by atoms with E-state index in [-0.39, 0.29) is 23.8 Å². The number of amides is 2. The number of alkyl halides is 3. The van der Waals surface area contributed by atoms with Crippen molar-refractivity contribution in [1.82, 2.24) is 0 Å². The number of nitrogens with one attached hydrogen (secondary N) is 2. The highest BCUT2D eigenvalue weighted by Gasteiger charge is 2.30. The molecular formula is C24H21F3N2O3. The maximum atomic E-state index is 12.8. The van der Waals surface area contributed by atoms with Crippen LogP contribution in [0.15, 0.2) is 72.8 Å². The molecule has 0 spiro atoms. The second-order valence-corrected chi connectivity index (χ2v) is 6.94. The van der Waals surface area contributed by atoms with Gasteiger partial charge in [-0.2, -0.15) is 13.2 Å². The summed E-state index contributed by atoms with van der Waals surface area (Å²) in [4.78, 5) is 24.3. The average Bonchev–Trinajstić information content (AvgIpc) is 2.78. The van der Waals surface area contributed by atoms with Gasteiger partial charge in [0.2, 0.25) is 0 Å². The number of rotatable bonds is 7. The van der Waals surface area contributed by atoms with Crippen molar-refractivity contribution >= 4 is 23.2 Å². The molecule has 166 valence electrons. The molecular weight excluding hydrogens is 421 g/mol. The van der Waals surface area contributed by atoms with Crippen molar-refractivity contribution in [2.45, 2.75) is 19.5 Å². The monoisotopic (exact) mass is 442 g/mol. The van der Waals surface area contributed by atoms with Crippen LogP contribution in [0.1, 0.15) is 28.4 Å². The molecule has 2 N–H and O–H groups in total. The number of carbonyl (C=O) groups excluding carboxylic acids is 2. The first-order chi connectivity index (χ1) is 15.2. The van der Waals surface area contributed by atoms with Crippen LogP contribution in [0.4, 0.5) is 24.5 Å². The maximum Gasteiger partial charge on any atom is 0.416 e. The van der Waals surface area contributed by atoms with Crippen LogP contribution >= 0.6 is 0 Å². The molecule has 0 saturated carbocycles. The van der Waals surface area contributed by atoms with Gasteiger partial charge in [-0.25, -0.2) is 0 Å². The van der Waals surface area contributed by atoms with Crippen molar-refractivity contribution in [3.63, 3.8) is 0 Å². The lowest BCUT2D eigenvalue weighted by atomic mass is 10.1. The van der Waals surface area contributed by atoms with Gasteiger partial charge < -0.3 is 15.4 Å². The van der Waals surface area contributed by atoms with E-state index < -0.39 is 17.6 Å². The third-order valence-electron chi connectivity index (χ3n) is 4.58. The predicted octanol–water partition coefficient (Wildman–Crippen LogP) is 5.54. The van der Waals surface area contributed by atoms with Gasteiger partial charge in [-0.05, 0) is 66.6 Å². The molecule has 0 aliphatic heterocycles. The van der Waals surface area contributed by atoms with Crippen molar-refractivity contribution in [1.29, 1.82) is 0 Å². The lowest BCUT2D eigenvalue weighted by Gasteiger charge is -2.11. The van der Waals surface area contributed by atoms with E-state index in [0.717, 1.165) is 24.1 Å². The Labute approximate surface area is 183 Å². The van der Waals surface area contributed by atoms with Crippen LogP contribution < -0.4 is 15.4 Å². The molecule has 0 saturated heterocycles. The Balaban J connectivity index is 1.53. The summed E-state index contributed by atoms with van der Waals surface area (Å²) in [5, 5.41) is 5.16. The molecule has 0 atom stereocenters. The summed E-state index contributed by atoms with van der Waals surface area (Å²) in [6.07, 6.45) is -3.59. The second kappa shape index (κ2) is 10.00. The van der Waals surface area contributed by atoms with Crippen molar-refractivity contribution in [2.24, 2.45) is 0 Å². The van der Waals surface area contributed by atoms with Gasteiger partial charge in [0.05, 0.1) is 5.56 Å². The maximum absolute atomic E-state index is 12.8. The average molecular weight is 442 g/mol. The molecule has 3 rings (SSSR count). The van der Waals surface area contributed by atoms with Gasteiger partial charge in [0.25, 0.3) is 11.8 Å². The van der Waals surface area contributed by atoms with Crippen molar-refractivity contribution < 1.29 is 27.5 Å². The Morgan fingerprint density at radius 1 is 0.875 bits per heavy atom. The van der Waals surface area contributed by atoms with E-state index >= 15 is 0 Å². The summed E-state index contributed by atoms with van der Waals surface area (Å²) in [5.74, 6) is -0.526. The topological polar surface area (TPSA) is 67.4 Å². The molecule has 0 radical (unpaired) electrons. The molecule has 0 aromatic heterocycles. The molecule has 0 bridgehead atoms. The van der Waals surface area contributed by atoms with Gasteiger partial charge in [-0.1, -0.05) is 25.1 Å². The van der Waals surface area contributed by atoms with Gasteiger partial charge in [-0.3, -0.25) is 9.59 Å². The predicted molar refractivity (Wildman–Crippen MR) is 116 cm³/mol. The first kappa shape index (κ1) is 22.9. The number of ether oxygens (including phenoxy) is 1. The standard InChI is InChI=1S/C24H21F3N2O3/c1-2-16-6-10-19(11-7-16)28-22(30)15-32-21-12-8-17(9-13-21)23(31)29-20-5-3-4-18(14-20)24(25,26)27/h3-14H,2,15H2,1H3,(H,28,30)(H,29,31). The molecule has 3 aromatic carbocycles. The van der Waals surface area contributed by atoms with E-state index in [4.69, 9.17) is 4.74 Å². The van der Waals surface area contributed by atoms with E-state index in [0.29, 0.717) is 11.4 Å². The minimum atomic E-state index is -4.50. The van der Waals surface area contributed by atoms with Gasteiger partial charge in [0.15, 0.2) is 6.61 Å². The van der Waals surface area contributed by atoms with E-state index in [9.17, 15) is 22.8 Å². The van der Waals surface area contributed by atoms with Crippen molar-refractivity contribution in [3.8, 4) is 5.75 Å². The van der Waals surface area contributed by atoms with Gasteiger partial charge in [0, 0.05) is 16.9 Å². The Kier molecular flexibility index (Phi) is 7.14. The zero-order valence-corrected chi connectivity index (χ0v) is 17.2. The Bertz CT molecular complexity index is 1080. The molecule has 5 nitrogen and oxygen atoms in total. The molecule has 0 aliphatic carbocycles. The van der Waals surface area contributed by atoms with E-state index in [1.54, 1.807) is 0 Å². The lowest BCUT2D eigenvalue weighted by molar-refractivity contribution is -0.137. The molecule has 0 fully saturated rings. The smallest absolute Gasteiger partial charge is 0.416 e. The highest BCUT2D eigenvalue weighted by atomic mass is 19.4. The van der Waals surface area contributed by atoms with E-state index in [1.165, 1.54) is 36.4 Å². The number of aryl methyl sites for hydroxylation is 1. The second-order valence-electron chi connectivity index (χ2n) is 6.94. The number of hydrogen-bond donors (Lipinski definition) is 2. The fourth-order valence-corrected chi connectivity index (χ4v) is 2.85. The largest absolute Gasteiger partial charge is 0.484 e. The molecule has 3 aromatic rings. The van der Waals surface area contributed by atoms with Crippen LogP contribution in [0, 0.1) is 0 Å². The first-order valence-corrected chi connectivity index (χ1v) is 9.85. The molecule has 2 amide bonds. The third kappa shape index (κ3) is 6.34. The van der Waals surface area contributed by atoms with Gasteiger partial charge in [-0.15, -0.1) is 0 Å². The van der Waals surface area contributed by atoms with Crippen molar-refractivity contribution in [2.75, 3.05) is 17.2 Å². The number of carbonyl (C=O) groups is 2. The van der Waals surface area contributed by atoms with E-state index in [1.807, 2.05) is 31.2 Å². The molecule has 8 heteroatoms. The van der Waals surface area contributed by atoms with Crippen LogP contribution in [0.2, 0.25) is 0 Å². The van der Waals surface area contributed by atoms with Crippen LogP contribution in [0.3, 0.4) is 0 Å². The molecule has 0 heterocycles. The Morgan fingerprint density at radius 2 is 1.56 bits per heavy atom. The fraction of sp³-hybridized carbons (Fsp3) is 0.167. The first-order valence-electron chi connectivity index (χ1n) is 9.85. The lowest BCUT2D eigenvalue weighted by Crippen LogP contribution is -2.20. The summed E-state index contributed by atoms with van der Waals surface area (Å²) in [6, 6.07) is 17.8. The zero-order chi connectivity index (χ0) is 23.1. The molecule has 32 heavy (non-hydrogen) atoms. The normalized spacial score (nSPS) is 11.0. The Morgan fingerprint density at radius 3 is 2.19 bits per heavy atom. The summed E-state index contributed by atoms with van der Waals surface area (Å²) >= 11 is 0. The number of benzene rings is 3. The van der Waals surface area contributed by atoms with Crippen LogP contribution in [-0.4, -0.2) is 18.4 Å². The zero-order valence-electron chi connectivity index (χ0n) is 17.2. The minimum Gasteiger partial charge on any atom is -0.484 e. The van der Waals surface area contributed by atoms with Gasteiger partial charge >= 0.3 is 6.18 Å². The highest BCUT2D eigenvalue weighted by Crippen LogP contribution is 2.30. The summed E-state index contributed by atoms with van der Waals surface area (Å²) in [5.41, 5.74) is 1.25. The number of anilines is 2. The summed E-state index contributed by atoms with van der Waals surface area (Å²) in [6.45, 7) is 1.83. The minimum absolute atomic E-state index is 0.0359. The number of halogens is 3. The van der Waals surface area contributed by atoms with Crippen LogP contribution in [0.25, 0.3) is 0 Å². The Hall–Kier alpha value is -3.81. The SMILES string of the molecule is CCc1ccc(NC(=O)COc2ccc(C(=O)Nc3cccc(C(F)(F)F)c3)cc2)cc1. The summed E-state index contributed by atoms with van der Waals surface area (Å²) in [7, 11) is 0.